The van der Waals surface area contributed by atoms with E-state index in [1.807, 2.05) is 0 Å². The molecular formula is C15H25NO2. The predicted molar refractivity (Wildman–Crippen MR) is 69.9 cm³/mol. The normalized spacial score (nSPS) is 46.6. The van der Waals surface area contributed by atoms with E-state index in [9.17, 15) is 9.90 Å². The van der Waals surface area contributed by atoms with E-state index in [0.29, 0.717) is 18.4 Å². The van der Waals surface area contributed by atoms with Gasteiger partial charge >= 0.3 is 0 Å². The largest absolute Gasteiger partial charge is 0.388 e. The summed E-state index contributed by atoms with van der Waals surface area (Å²) < 4.78 is 0. The lowest BCUT2D eigenvalue weighted by Gasteiger charge is -2.35. The molecular weight excluding hydrogens is 226 g/mol. The molecule has 2 unspecified atom stereocenters. The highest BCUT2D eigenvalue weighted by molar-refractivity contribution is 5.82. The molecule has 3 aliphatic rings. The maximum absolute atomic E-state index is 12.0. The van der Waals surface area contributed by atoms with Crippen LogP contribution in [0.1, 0.15) is 51.9 Å². The molecule has 3 rings (SSSR count). The van der Waals surface area contributed by atoms with Gasteiger partial charge in [0.15, 0.2) is 0 Å². The molecule has 2 atom stereocenters. The van der Waals surface area contributed by atoms with Gasteiger partial charge in [-0.05, 0) is 56.3 Å². The molecule has 18 heavy (non-hydrogen) atoms. The molecule has 0 spiro atoms. The molecule has 0 saturated heterocycles. The summed E-state index contributed by atoms with van der Waals surface area (Å²) >= 11 is 0. The molecule has 102 valence electrons. The van der Waals surface area contributed by atoms with E-state index < -0.39 is 5.60 Å². The van der Waals surface area contributed by atoms with Crippen molar-refractivity contribution < 1.29 is 9.90 Å². The van der Waals surface area contributed by atoms with E-state index >= 15 is 0 Å². The Hall–Kier alpha value is -0.570. The molecule has 3 saturated carbocycles. The standard InChI is InChI=1S/C15H25NO2/c1-10-5-7-15(18,8-6-10)9-16-14(17)13-11-3-2-4-12(11)13/h10-13,18H,2-9H2,1H3,(H,16,17). The lowest BCUT2D eigenvalue weighted by atomic mass is 9.79. The minimum atomic E-state index is -0.633. The molecule has 3 nitrogen and oxygen atoms in total. The van der Waals surface area contributed by atoms with Gasteiger partial charge in [0.25, 0.3) is 0 Å². The number of hydrogen-bond donors (Lipinski definition) is 2. The van der Waals surface area contributed by atoms with Gasteiger partial charge in [0.1, 0.15) is 0 Å². The lowest BCUT2D eigenvalue weighted by Crippen LogP contribution is -2.45. The Labute approximate surface area is 109 Å². The average Bonchev–Trinajstić information content (AvgIpc) is 2.84. The maximum Gasteiger partial charge on any atom is 0.223 e. The molecule has 0 aromatic heterocycles. The fraction of sp³-hybridized carbons (Fsp3) is 0.933. The summed E-state index contributed by atoms with van der Waals surface area (Å²) in [7, 11) is 0. The summed E-state index contributed by atoms with van der Waals surface area (Å²) in [6, 6.07) is 0. The number of amides is 1. The molecule has 1 amide bonds. The van der Waals surface area contributed by atoms with Crippen LogP contribution in [0.2, 0.25) is 0 Å². The third-order valence-electron chi connectivity index (χ3n) is 5.51. The van der Waals surface area contributed by atoms with Crippen molar-refractivity contribution in [2.75, 3.05) is 6.54 Å². The topological polar surface area (TPSA) is 49.3 Å². The second-order valence-corrected chi connectivity index (χ2v) is 6.91. The molecule has 0 radical (unpaired) electrons. The highest BCUT2D eigenvalue weighted by Crippen LogP contribution is 2.57. The molecule has 0 aromatic rings. The average molecular weight is 251 g/mol. The van der Waals surface area contributed by atoms with Crippen molar-refractivity contribution in [3.8, 4) is 0 Å². The second kappa shape index (κ2) is 4.52. The van der Waals surface area contributed by atoms with Crippen molar-refractivity contribution in [2.24, 2.45) is 23.7 Å². The van der Waals surface area contributed by atoms with Crippen molar-refractivity contribution in [2.45, 2.75) is 57.5 Å². The first-order chi connectivity index (χ1) is 8.59. The second-order valence-electron chi connectivity index (χ2n) is 6.91. The first-order valence-corrected chi connectivity index (χ1v) is 7.59. The van der Waals surface area contributed by atoms with E-state index in [2.05, 4.69) is 12.2 Å². The van der Waals surface area contributed by atoms with Gasteiger partial charge < -0.3 is 10.4 Å². The van der Waals surface area contributed by atoms with Crippen LogP contribution < -0.4 is 5.32 Å². The van der Waals surface area contributed by atoms with Gasteiger partial charge in [0.2, 0.25) is 5.91 Å². The van der Waals surface area contributed by atoms with Crippen molar-refractivity contribution in [3.05, 3.63) is 0 Å². The minimum absolute atomic E-state index is 0.205. The third-order valence-corrected chi connectivity index (χ3v) is 5.51. The predicted octanol–water partition coefficient (Wildman–Crippen LogP) is 2.09. The summed E-state index contributed by atoms with van der Waals surface area (Å²) in [6.07, 6.45) is 7.63. The molecule has 3 aliphatic carbocycles. The molecule has 0 aromatic carbocycles. The number of carbonyl (C=O) groups is 1. The van der Waals surface area contributed by atoms with Crippen LogP contribution in [0.3, 0.4) is 0 Å². The number of carbonyl (C=O) groups excluding carboxylic acids is 1. The monoisotopic (exact) mass is 251 g/mol. The first-order valence-electron chi connectivity index (χ1n) is 7.59. The number of nitrogens with one attached hydrogen (secondary N) is 1. The van der Waals surface area contributed by atoms with Crippen LogP contribution >= 0.6 is 0 Å². The highest BCUT2D eigenvalue weighted by Gasteiger charge is 2.56. The highest BCUT2D eigenvalue weighted by atomic mass is 16.3. The van der Waals surface area contributed by atoms with Crippen LogP contribution in [0, 0.1) is 23.7 Å². The Balaban J connectivity index is 1.45. The molecule has 2 N–H and O–H groups in total. The van der Waals surface area contributed by atoms with Crippen molar-refractivity contribution in [1.82, 2.24) is 5.32 Å². The maximum atomic E-state index is 12.0. The van der Waals surface area contributed by atoms with Gasteiger partial charge in [-0.3, -0.25) is 4.79 Å². The van der Waals surface area contributed by atoms with Crippen LogP contribution in [0.25, 0.3) is 0 Å². The fourth-order valence-corrected chi connectivity index (χ4v) is 4.06. The van der Waals surface area contributed by atoms with Crippen molar-refractivity contribution in [1.29, 1.82) is 0 Å². The van der Waals surface area contributed by atoms with Crippen LogP contribution in [-0.4, -0.2) is 23.2 Å². The van der Waals surface area contributed by atoms with Gasteiger partial charge in [-0.25, -0.2) is 0 Å². The fourth-order valence-electron chi connectivity index (χ4n) is 4.06. The number of aliphatic hydroxyl groups is 1. The van der Waals surface area contributed by atoms with Gasteiger partial charge in [0, 0.05) is 12.5 Å². The number of fused-ring (bicyclic) bond motifs is 1. The third kappa shape index (κ3) is 2.29. The summed E-state index contributed by atoms with van der Waals surface area (Å²) in [6.45, 7) is 2.71. The molecule has 3 fully saturated rings. The summed E-state index contributed by atoms with van der Waals surface area (Å²) in [5, 5.41) is 13.4. The molecule has 3 heteroatoms. The van der Waals surface area contributed by atoms with Crippen LogP contribution in [0.4, 0.5) is 0 Å². The SMILES string of the molecule is CC1CCC(O)(CNC(=O)C2C3CCCC32)CC1. The lowest BCUT2D eigenvalue weighted by molar-refractivity contribution is -0.124. The Morgan fingerprint density at radius 3 is 2.44 bits per heavy atom. The van der Waals surface area contributed by atoms with Crippen LogP contribution in [0.15, 0.2) is 0 Å². The number of rotatable bonds is 3. The van der Waals surface area contributed by atoms with E-state index in [-0.39, 0.29) is 11.8 Å². The zero-order chi connectivity index (χ0) is 12.8. The summed E-state index contributed by atoms with van der Waals surface area (Å²) in [5.74, 6) is 2.56. The quantitative estimate of drug-likeness (QED) is 0.807. The molecule has 0 heterocycles. The van der Waals surface area contributed by atoms with Gasteiger partial charge in [-0.2, -0.15) is 0 Å². The first kappa shape index (κ1) is 12.5. The Morgan fingerprint density at radius 1 is 1.22 bits per heavy atom. The van der Waals surface area contributed by atoms with Gasteiger partial charge in [-0.1, -0.05) is 13.3 Å². The summed E-state index contributed by atoms with van der Waals surface area (Å²) in [4.78, 5) is 12.0. The van der Waals surface area contributed by atoms with Gasteiger partial charge in [-0.15, -0.1) is 0 Å². The summed E-state index contributed by atoms with van der Waals surface area (Å²) in [5.41, 5.74) is -0.633. The van der Waals surface area contributed by atoms with Crippen molar-refractivity contribution >= 4 is 5.91 Å². The van der Waals surface area contributed by atoms with E-state index in [0.717, 1.165) is 31.6 Å². The molecule has 0 aliphatic heterocycles. The van der Waals surface area contributed by atoms with Gasteiger partial charge in [0.05, 0.1) is 5.60 Å². The number of hydrogen-bond acceptors (Lipinski definition) is 2. The Bertz CT molecular complexity index is 323. The van der Waals surface area contributed by atoms with Crippen LogP contribution in [0.5, 0.6) is 0 Å². The minimum Gasteiger partial charge on any atom is -0.388 e. The Morgan fingerprint density at radius 2 is 1.83 bits per heavy atom. The zero-order valence-electron chi connectivity index (χ0n) is 11.3. The Kier molecular flexibility index (Phi) is 3.13. The van der Waals surface area contributed by atoms with E-state index in [1.54, 1.807) is 0 Å². The molecule has 0 bridgehead atoms. The zero-order valence-corrected chi connectivity index (χ0v) is 11.3. The van der Waals surface area contributed by atoms with E-state index in [4.69, 9.17) is 0 Å². The smallest absolute Gasteiger partial charge is 0.223 e. The van der Waals surface area contributed by atoms with E-state index in [1.165, 1.54) is 19.3 Å². The van der Waals surface area contributed by atoms with Crippen LogP contribution in [-0.2, 0) is 4.79 Å². The van der Waals surface area contributed by atoms with Crippen molar-refractivity contribution in [3.63, 3.8) is 0 Å².